The fourth-order valence-corrected chi connectivity index (χ4v) is 3.28. The van der Waals surface area contributed by atoms with Crippen LogP contribution < -0.4 is 0 Å². The topological polar surface area (TPSA) is 56.3 Å². The van der Waals surface area contributed by atoms with E-state index in [-0.39, 0.29) is 0 Å². The summed E-state index contributed by atoms with van der Waals surface area (Å²) in [5.41, 5.74) is 2.20. The van der Waals surface area contributed by atoms with Crippen LogP contribution in [0.2, 0.25) is 0 Å². The first-order chi connectivity index (χ1) is 12.4. The lowest BCUT2D eigenvalue weighted by Gasteiger charge is -2.22. The molecule has 1 aliphatic heterocycles. The van der Waals surface area contributed by atoms with E-state index < -0.39 is 0 Å². The Hall–Kier alpha value is -2.44. The SMILES string of the molecule is c1ccc(COCC2CN(Cc3ccco3)Cc3ccnn3C2)nc1. The Balaban J connectivity index is 1.40. The van der Waals surface area contributed by atoms with Crippen molar-refractivity contribution in [3.8, 4) is 0 Å². The lowest BCUT2D eigenvalue weighted by atomic mass is 10.1. The van der Waals surface area contributed by atoms with Gasteiger partial charge in [-0.05, 0) is 30.3 Å². The zero-order valence-electron chi connectivity index (χ0n) is 14.1. The largest absolute Gasteiger partial charge is 0.468 e. The van der Waals surface area contributed by atoms with Gasteiger partial charge in [-0.3, -0.25) is 14.6 Å². The highest BCUT2D eigenvalue weighted by Crippen LogP contribution is 2.19. The summed E-state index contributed by atoms with van der Waals surface area (Å²) in [6.45, 7) is 4.73. The van der Waals surface area contributed by atoms with Crippen LogP contribution in [-0.4, -0.2) is 32.8 Å². The highest BCUT2D eigenvalue weighted by atomic mass is 16.5. The summed E-state index contributed by atoms with van der Waals surface area (Å²) in [6.07, 6.45) is 5.40. The Bertz CT molecular complexity index is 770. The van der Waals surface area contributed by atoms with Crippen LogP contribution in [0.15, 0.2) is 59.5 Å². The monoisotopic (exact) mass is 338 g/mol. The van der Waals surface area contributed by atoms with E-state index in [0.29, 0.717) is 19.1 Å². The first kappa shape index (κ1) is 16.1. The van der Waals surface area contributed by atoms with Crippen LogP contribution in [0.4, 0.5) is 0 Å². The minimum atomic E-state index is 0.375. The molecule has 6 nitrogen and oxygen atoms in total. The van der Waals surface area contributed by atoms with Crippen LogP contribution in [0.25, 0.3) is 0 Å². The van der Waals surface area contributed by atoms with Crippen molar-refractivity contribution < 1.29 is 9.15 Å². The van der Waals surface area contributed by atoms with E-state index in [1.807, 2.05) is 36.5 Å². The molecule has 4 rings (SSSR count). The van der Waals surface area contributed by atoms with Crippen LogP contribution in [-0.2, 0) is 31.0 Å². The molecule has 0 saturated carbocycles. The molecule has 1 unspecified atom stereocenters. The van der Waals surface area contributed by atoms with Crippen molar-refractivity contribution in [3.05, 3.63) is 72.2 Å². The van der Waals surface area contributed by atoms with Crippen molar-refractivity contribution in [2.45, 2.75) is 26.2 Å². The van der Waals surface area contributed by atoms with Gasteiger partial charge in [-0.15, -0.1) is 0 Å². The zero-order valence-corrected chi connectivity index (χ0v) is 14.1. The molecule has 0 amide bonds. The van der Waals surface area contributed by atoms with Gasteiger partial charge in [-0.1, -0.05) is 6.07 Å². The molecule has 0 fully saturated rings. The molecule has 0 bridgehead atoms. The van der Waals surface area contributed by atoms with Crippen LogP contribution in [0.1, 0.15) is 17.1 Å². The second kappa shape index (κ2) is 7.63. The summed E-state index contributed by atoms with van der Waals surface area (Å²) >= 11 is 0. The lowest BCUT2D eigenvalue weighted by molar-refractivity contribution is 0.0629. The zero-order chi connectivity index (χ0) is 16.9. The molecular weight excluding hydrogens is 316 g/mol. The highest BCUT2D eigenvalue weighted by Gasteiger charge is 2.23. The van der Waals surface area contributed by atoms with Crippen molar-refractivity contribution in [2.24, 2.45) is 5.92 Å². The maximum atomic E-state index is 5.94. The molecule has 0 spiro atoms. The third-order valence-corrected chi connectivity index (χ3v) is 4.43. The summed E-state index contributed by atoms with van der Waals surface area (Å²) in [5.74, 6) is 1.36. The first-order valence-corrected chi connectivity index (χ1v) is 8.60. The predicted octanol–water partition coefficient (Wildman–Crippen LogP) is 2.72. The Morgan fingerprint density at radius 3 is 2.96 bits per heavy atom. The van der Waals surface area contributed by atoms with E-state index in [1.165, 1.54) is 5.69 Å². The number of fused-ring (bicyclic) bond motifs is 1. The molecule has 6 heteroatoms. The third kappa shape index (κ3) is 4.15. The summed E-state index contributed by atoms with van der Waals surface area (Å²) in [5, 5.41) is 4.46. The molecule has 0 radical (unpaired) electrons. The van der Waals surface area contributed by atoms with Crippen LogP contribution >= 0.6 is 0 Å². The Morgan fingerprint density at radius 2 is 2.12 bits per heavy atom. The first-order valence-electron chi connectivity index (χ1n) is 8.60. The van der Waals surface area contributed by atoms with Gasteiger partial charge in [0.1, 0.15) is 5.76 Å². The minimum absolute atomic E-state index is 0.375. The molecule has 0 aromatic carbocycles. The fraction of sp³-hybridized carbons (Fsp3) is 0.368. The molecule has 3 aromatic rings. The second-order valence-electron chi connectivity index (χ2n) is 6.46. The molecule has 0 aliphatic carbocycles. The predicted molar refractivity (Wildman–Crippen MR) is 92.4 cm³/mol. The van der Waals surface area contributed by atoms with Crippen LogP contribution in [0.3, 0.4) is 0 Å². The molecule has 1 aliphatic rings. The van der Waals surface area contributed by atoms with E-state index >= 15 is 0 Å². The summed E-state index contributed by atoms with van der Waals surface area (Å²) in [7, 11) is 0. The number of rotatable bonds is 6. The Kier molecular flexibility index (Phi) is 4.90. The molecule has 1 atom stereocenters. The second-order valence-corrected chi connectivity index (χ2v) is 6.46. The summed E-state index contributed by atoms with van der Waals surface area (Å²) in [4.78, 5) is 6.70. The average Bonchev–Trinajstić information content (AvgIpc) is 3.25. The number of hydrogen-bond acceptors (Lipinski definition) is 5. The van der Waals surface area contributed by atoms with E-state index in [0.717, 1.165) is 37.6 Å². The molecule has 0 saturated heterocycles. The maximum Gasteiger partial charge on any atom is 0.117 e. The number of aromatic nitrogens is 3. The number of nitrogens with zero attached hydrogens (tertiary/aromatic N) is 4. The Morgan fingerprint density at radius 1 is 1.12 bits per heavy atom. The quantitative estimate of drug-likeness (QED) is 0.692. The number of furan rings is 1. The molecule has 130 valence electrons. The van der Waals surface area contributed by atoms with E-state index in [1.54, 1.807) is 12.5 Å². The van der Waals surface area contributed by atoms with E-state index in [9.17, 15) is 0 Å². The van der Waals surface area contributed by atoms with E-state index in [2.05, 4.69) is 25.7 Å². The number of hydrogen-bond donors (Lipinski definition) is 0. The van der Waals surface area contributed by atoms with Gasteiger partial charge in [0.2, 0.25) is 0 Å². The average molecular weight is 338 g/mol. The molecule has 25 heavy (non-hydrogen) atoms. The van der Waals surface area contributed by atoms with E-state index in [4.69, 9.17) is 9.15 Å². The van der Waals surface area contributed by atoms with Crippen molar-refractivity contribution in [1.29, 1.82) is 0 Å². The summed E-state index contributed by atoms with van der Waals surface area (Å²) < 4.78 is 13.5. The fourth-order valence-electron chi connectivity index (χ4n) is 3.28. The standard InChI is InChI=1S/C19H22N4O2/c1-2-7-20-17(4-1)15-24-14-16-10-22(13-19-5-3-9-25-19)12-18-6-8-21-23(18)11-16/h1-9,16H,10-15H2. The molecule has 3 aromatic heterocycles. The van der Waals surface area contributed by atoms with Gasteiger partial charge in [0, 0.05) is 37.9 Å². The van der Waals surface area contributed by atoms with Crippen molar-refractivity contribution >= 4 is 0 Å². The van der Waals surface area contributed by atoms with Crippen LogP contribution in [0, 0.1) is 5.92 Å². The summed E-state index contributed by atoms with van der Waals surface area (Å²) in [6, 6.07) is 11.9. The third-order valence-electron chi connectivity index (χ3n) is 4.43. The number of ether oxygens (including phenoxy) is 1. The van der Waals surface area contributed by atoms with Crippen LogP contribution in [0.5, 0.6) is 0 Å². The normalized spacial score (nSPS) is 18.0. The van der Waals surface area contributed by atoms with Gasteiger partial charge in [0.05, 0.1) is 37.4 Å². The maximum absolute atomic E-state index is 5.94. The Labute approximate surface area is 147 Å². The minimum Gasteiger partial charge on any atom is -0.468 e. The van der Waals surface area contributed by atoms with Crippen molar-refractivity contribution in [1.82, 2.24) is 19.7 Å². The molecule has 0 N–H and O–H groups in total. The van der Waals surface area contributed by atoms with Gasteiger partial charge in [-0.25, -0.2) is 0 Å². The van der Waals surface area contributed by atoms with Gasteiger partial charge in [-0.2, -0.15) is 5.10 Å². The van der Waals surface area contributed by atoms with Crippen molar-refractivity contribution in [3.63, 3.8) is 0 Å². The smallest absolute Gasteiger partial charge is 0.117 e. The van der Waals surface area contributed by atoms with Gasteiger partial charge in [0.25, 0.3) is 0 Å². The number of pyridine rings is 1. The highest BCUT2D eigenvalue weighted by molar-refractivity contribution is 5.05. The van der Waals surface area contributed by atoms with Crippen molar-refractivity contribution in [2.75, 3.05) is 13.2 Å². The molecule has 4 heterocycles. The van der Waals surface area contributed by atoms with Gasteiger partial charge < -0.3 is 9.15 Å². The van der Waals surface area contributed by atoms with Gasteiger partial charge >= 0.3 is 0 Å². The lowest BCUT2D eigenvalue weighted by Crippen LogP contribution is -2.30. The molecular formula is C19H22N4O2. The van der Waals surface area contributed by atoms with Gasteiger partial charge in [0.15, 0.2) is 0 Å².